The number of fused-ring (bicyclic) bond motifs is 3. The molecule has 0 atom stereocenters. The lowest BCUT2D eigenvalue weighted by molar-refractivity contribution is 0.553. The van der Waals surface area contributed by atoms with Gasteiger partial charge < -0.3 is 4.42 Å². The Hall–Kier alpha value is -2.60. The van der Waals surface area contributed by atoms with Crippen LogP contribution in [0.5, 0.6) is 0 Å². The van der Waals surface area contributed by atoms with Crippen LogP contribution in [0.4, 0.5) is 0 Å². The minimum Gasteiger partial charge on any atom is -0.460 e. The van der Waals surface area contributed by atoms with Gasteiger partial charge in [-0.05, 0) is 16.8 Å². The van der Waals surface area contributed by atoms with Crippen molar-refractivity contribution in [3.63, 3.8) is 0 Å². The van der Waals surface area contributed by atoms with Gasteiger partial charge in [0.15, 0.2) is 5.43 Å². The lowest BCUT2D eigenvalue weighted by Gasteiger charge is -2.03. The van der Waals surface area contributed by atoms with E-state index in [9.17, 15) is 4.79 Å². The fourth-order valence-corrected chi connectivity index (χ4v) is 2.14. The van der Waals surface area contributed by atoms with Gasteiger partial charge in [0.05, 0.1) is 17.9 Å². The molecule has 0 aliphatic heterocycles. The standard InChI is InChI=1S/C15H9NO2/c16-8-7-11-9-13(17)15-12-4-2-1-3-10(12)5-6-14(15)18-11/h1-6,9H,7H2. The van der Waals surface area contributed by atoms with E-state index < -0.39 is 0 Å². The van der Waals surface area contributed by atoms with Crippen molar-refractivity contribution in [2.45, 2.75) is 6.42 Å². The van der Waals surface area contributed by atoms with E-state index in [0.717, 1.165) is 10.8 Å². The van der Waals surface area contributed by atoms with Crippen LogP contribution in [0, 0.1) is 11.3 Å². The Morgan fingerprint density at radius 1 is 1.17 bits per heavy atom. The molecule has 1 aromatic heterocycles. The summed E-state index contributed by atoms with van der Waals surface area (Å²) < 4.78 is 5.57. The van der Waals surface area contributed by atoms with Crippen LogP contribution in [-0.2, 0) is 6.42 Å². The molecule has 2 aromatic carbocycles. The molecule has 0 radical (unpaired) electrons. The van der Waals surface area contributed by atoms with E-state index in [0.29, 0.717) is 16.7 Å². The summed E-state index contributed by atoms with van der Waals surface area (Å²) in [6.07, 6.45) is 0.109. The number of benzene rings is 2. The Labute approximate surface area is 103 Å². The Bertz CT molecular complexity index is 840. The summed E-state index contributed by atoms with van der Waals surface area (Å²) >= 11 is 0. The number of nitriles is 1. The minimum absolute atomic E-state index is 0.0988. The van der Waals surface area contributed by atoms with Gasteiger partial charge in [-0.15, -0.1) is 0 Å². The highest BCUT2D eigenvalue weighted by atomic mass is 16.3. The van der Waals surface area contributed by atoms with Gasteiger partial charge in [-0.2, -0.15) is 5.26 Å². The summed E-state index contributed by atoms with van der Waals surface area (Å²) in [6.45, 7) is 0. The minimum atomic E-state index is -0.0988. The first-order chi connectivity index (χ1) is 8.79. The van der Waals surface area contributed by atoms with E-state index in [1.807, 2.05) is 36.4 Å². The quantitative estimate of drug-likeness (QED) is 0.609. The number of nitrogens with zero attached hydrogens (tertiary/aromatic N) is 1. The zero-order valence-corrected chi connectivity index (χ0v) is 9.51. The molecule has 3 rings (SSSR count). The fourth-order valence-electron chi connectivity index (χ4n) is 2.14. The van der Waals surface area contributed by atoms with Crippen LogP contribution in [0.2, 0.25) is 0 Å². The van der Waals surface area contributed by atoms with E-state index >= 15 is 0 Å². The van der Waals surface area contributed by atoms with Crippen LogP contribution < -0.4 is 5.43 Å². The summed E-state index contributed by atoms with van der Waals surface area (Å²) in [4.78, 5) is 12.1. The molecule has 0 bridgehead atoms. The van der Waals surface area contributed by atoms with Crippen molar-refractivity contribution >= 4 is 21.7 Å². The van der Waals surface area contributed by atoms with Gasteiger partial charge in [-0.1, -0.05) is 30.3 Å². The van der Waals surface area contributed by atoms with Gasteiger partial charge in [0, 0.05) is 6.07 Å². The van der Waals surface area contributed by atoms with Crippen LogP contribution in [0.25, 0.3) is 21.7 Å². The number of hydrogen-bond donors (Lipinski definition) is 0. The lowest BCUT2D eigenvalue weighted by Crippen LogP contribution is -2.02. The molecule has 86 valence electrons. The number of rotatable bonds is 1. The lowest BCUT2D eigenvalue weighted by atomic mass is 10.1. The summed E-state index contributed by atoms with van der Waals surface area (Å²) in [6, 6.07) is 14.8. The Kier molecular flexibility index (Phi) is 2.35. The van der Waals surface area contributed by atoms with Crippen molar-refractivity contribution in [1.29, 1.82) is 5.26 Å². The van der Waals surface area contributed by atoms with Crippen molar-refractivity contribution in [1.82, 2.24) is 0 Å². The maximum atomic E-state index is 12.1. The van der Waals surface area contributed by atoms with Gasteiger partial charge in [0.2, 0.25) is 0 Å². The molecule has 0 aliphatic carbocycles. The second-order valence-corrected chi connectivity index (χ2v) is 4.07. The highest BCUT2D eigenvalue weighted by Crippen LogP contribution is 2.23. The Morgan fingerprint density at radius 3 is 2.83 bits per heavy atom. The molecule has 0 spiro atoms. The molecule has 1 heterocycles. The van der Waals surface area contributed by atoms with E-state index in [1.54, 1.807) is 6.07 Å². The Balaban J connectivity index is 2.46. The summed E-state index contributed by atoms with van der Waals surface area (Å²) in [5.74, 6) is 0.408. The maximum absolute atomic E-state index is 12.1. The highest BCUT2D eigenvalue weighted by molar-refractivity contribution is 6.05. The monoisotopic (exact) mass is 235 g/mol. The molecule has 0 aliphatic rings. The third kappa shape index (κ3) is 1.56. The molecule has 3 aromatic rings. The summed E-state index contributed by atoms with van der Waals surface area (Å²) in [5, 5.41) is 11.1. The summed E-state index contributed by atoms with van der Waals surface area (Å²) in [7, 11) is 0. The third-order valence-electron chi connectivity index (χ3n) is 2.92. The van der Waals surface area contributed by atoms with Gasteiger partial charge >= 0.3 is 0 Å². The van der Waals surface area contributed by atoms with Crippen molar-refractivity contribution in [2.24, 2.45) is 0 Å². The normalized spacial score (nSPS) is 10.6. The van der Waals surface area contributed by atoms with E-state index in [1.165, 1.54) is 6.07 Å². The molecular formula is C15H9NO2. The van der Waals surface area contributed by atoms with Gasteiger partial charge in [-0.25, -0.2) is 0 Å². The second-order valence-electron chi connectivity index (χ2n) is 4.07. The zero-order valence-electron chi connectivity index (χ0n) is 9.51. The molecule has 0 amide bonds. The SMILES string of the molecule is N#CCc1cc(=O)c2c(ccc3ccccc32)o1. The molecule has 3 nitrogen and oxygen atoms in total. The van der Waals surface area contributed by atoms with Gasteiger partial charge in [0.1, 0.15) is 11.3 Å². The second kappa shape index (κ2) is 4.01. The van der Waals surface area contributed by atoms with Crippen LogP contribution in [0.1, 0.15) is 5.76 Å². The number of hydrogen-bond acceptors (Lipinski definition) is 3. The molecule has 0 fully saturated rings. The molecular weight excluding hydrogens is 226 g/mol. The van der Waals surface area contributed by atoms with Gasteiger partial charge in [0.25, 0.3) is 0 Å². The molecule has 0 unspecified atom stereocenters. The van der Waals surface area contributed by atoms with Crippen molar-refractivity contribution < 1.29 is 4.42 Å². The van der Waals surface area contributed by atoms with Gasteiger partial charge in [-0.3, -0.25) is 4.79 Å². The fraction of sp³-hybridized carbons (Fsp3) is 0.0667. The maximum Gasteiger partial charge on any atom is 0.193 e. The van der Waals surface area contributed by atoms with Crippen LogP contribution in [0.15, 0.2) is 51.7 Å². The predicted octanol–water partition coefficient (Wildman–Crippen LogP) is 3.01. The molecule has 0 N–H and O–H groups in total. The first-order valence-electron chi connectivity index (χ1n) is 5.61. The van der Waals surface area contributed by atoms with Crippen LogP contribution >= 0.6 is 0 Å². The predicted molar refractivity (Wildman–Crippen MR) is 69.3 cm³/mol. The van der Waals surface area contributed by atoms with E-state index in [4.69, 9.17) is 9.68 Å². The first-order valence-corrected chi connectivity index (χ1v) is 5.61. The average Bonchev–Trinajstić information content (AvgIpc) is 2.38. The zero-order chi connectivity index (χ0) is 12.5. The third-order valence-corrected chi connectivity index (χ3v) is 2.92. The van der Waals surface area contributed by atoms with E-state index in [-0.39, 0.29) is 11.8 Å². The summed E-state index contributed by atoms with van der Waals surface area (Å²) in [5.41, 5.74) is 0.435. The highest BCUT2D eigenvalue weighted by Gasteiger charge is 2.08. The smallest absolute Gasteiger partial charge is 0.193 e. The first kappa shape index (κ1) is 10.5. The molecule has 3 heteroatoms. The largest absolute Gasteiger partial charge is 0.460 e. The molecule has 0 saturated carbocycles. The van der Waals surface area contributed by atoms with Crippen molar-refractivity contribution in [3.05, 3.63) is 58.4 Å². The van der Waals surface area contributed by atoms with Crippen LogP contribution in [-0.4, -0.2) is 0 Å². The molecule has 0 saturated heterocycles. The molecule has 18 heavy (non-hydrogen) atoms. The van der Waals surface area contributed by atoms with Crippen molar-refractivity contribution in [3.8, 4) is 6.07 Å². The average molecular weight is 235 g/mol. The Morgan fingerprint density at radius 2 is 2.00 bits per heavy atom. The van der Waals surface area contributed by atoms with Crippen LogP contribution in [0.3, 0.4) is 0 Å². The van der Waals surface area contributed by atoms with E-state index in [2.05, 4.69) is 0 Å². The topological polar surface area (TPSA) is 54.0 Å². The van der Waals surface area contributed by atoms with Crippen molar-refractivity contribution in [2.75, 3.05) is 0 Å².